The summed E-state index contributed by atoms with van der Waals surface area (Å²) in [5.74, 6) is -5.49. The van der Waals surface area contributed by atoms with E-state index in [0.717, 1.165) is 19.2 Å². The number of hydrogen-bond acceptors (Lipinski definition) is 4. The summed E-state index contributed by atoms with van der Waals surface area (Å²) in [5, 5.41) is 10.7. The molecule has 0 unspecified atom stereocenters. The number of benzene rings is 1. The summed E-state index contributed by atoms with van der Waals surface area (Å²) >= 11 is 0. The molecule has 0 aliphatic carbocycles. The first-order valence-electron chi connectivity index (χ1n) is 5.04. The van der Waals surface area contributed by atoms with Gasteiger partial charge in [-0.15, -0.1) is 12.4 Å². The Labute approximate surface area is 121 Å². The smallest absolute Gasteiger partial charge is 0.455 e. The quantitative estimate of drug-likeness (QED) is 0.520. The lowest BCUT2D eigenvalue weighted by Crippen LogP contribution is -2.45. The lowest BCUT2D eigenvalue weighted by Gasteiger charge is -2.25. The van der Waals surface area contributed by atoms with Gasteiger partial charge >= 0.3 is 17.8 Å². The standard InChI is InChI=1S/C10H9F5N2O3.ClH/c1-20-7-3-2-5(4-6(7)17(18)19)8(16)9(11,12)10(13,14)15;/h2-4,8H,16H2,1H3;1H/t8-;/m1./s1. The van der Waals surface area contributed by atoms with Crippen LogP contribution >= 0.6 is 12.4 Å². The van der Waals surface area contributed by atoms with Crippen molar-refractivity contribution < 1.29 is 31.6 Å². The van der Waals surface area contributed by atoms with Gasteiger partial charge in [-0.3, -0.25) is 10.1 Å². The van der Waals surface area contributed by atoms with Gasteiger partial charge in [0.2, 0.25) is 0 Å². The zero-order valence-electron chi connectivity index (χ0n) is 10.4. The van der Waals surface area contributed by atoms with E-state index < -0.39 is 34.3 Å². The van der Waals surface area contributed by atoms with Crippen LogP contribution < -0.4 is 10.5 Å². The van der Waals surface area contributed by atoms with E-state index in [0.29, 0.717) is 6.07 Å². The van der Waals surface area contributed by atoms with Crippen molar-refractivity contribution in [3.63, 3.8) is 0 Å². The minimum Gasteiger partial charge on any atom is -0.490 e. The number of alkyl halides is 5. The van der Waals surface area contributed by atoms with Crippen LogP contribution in [0.5, 0.6) is 5.75 Å². The van der Waals surface area contributed by atoms with Crippen LogP contribution in [0.4, 0.5) is 27.6 Å². The molecule has 0 aromatic heterocycles. The summed E-state index contributed by atoms with van der Waals surface area (Å²) < 4.78 is 67.3. The Balaban J connectivity index is 0.00000400. The highest BCUT2D eigenvalue weighted by Gasteiger charge is 2.61. The zero-order valence-corrected chi connectivity index (χ0v) is 11.2. The molecular weight excluding hydrogens is 327 g/mol. The van der Waals surface area contributed by atoms with Crippen LogP contribution in [0.15, 0.2) is 18.2 Å². The summed E-state index contributed by atoms with van der Waals surface area (Å²) in [4.78, 5) is 9.71. The fraction of sp³-hybridized carbons (Fsp3) is 0.400. The van der Waals surface area contributed by atoms with Crippen molar-refractivity contribution in [2.45, 2.75) is 18.1 Å². The number of halogens is 6. The molecule has 1 atom stereocenters. The van der Waals surface area contributed by atoms with Crippen LogP contribution in [0.3, 0.4) is 0 Å². The van der Waals surface area contributed by atoms with Gasteiger partial charge in [-0.2, -0.15) is 22.0 Å². The third kappa shape index (κ3) is 3.70. The molecule has 0 bridgehead atoms. The summed E-state index contributed by atoms with van der Waals surface area (Å²) in [6.07, 6.45) is -5.86. The Kier molecular flexibility index (Phi) is 5.88. The molecule has 0 amide bonds. The Morgan fingerprint density at radius 1 is 1.29 bits per heavy atom. The Morgan fingerprint density at radius 2 is 1.81 bits per heavy atom. The molecular formula is C10H10ClF5N2O3. The molecule has 0 aliphatic rings. The summed E-state index contributed by atoms with van der Waals surface area (Å²) in [6, 6.07) is -0.508. The van der Waals surface area contributed by atoms with Gasteiger partial charge in [-0.25, -0.2) is 0 Å². The normalized spacial score (nSPS) is 13.3. The molecule has 1 aromatic carbocycles. The highest BCUT2D eigenvalue weighted by molar-refractivity contribution is 5.85. The molecule has 0 spiro atoms. The molecule has 2 N–H and O–H groups in total. The van der Waals surface area contributed by atoms with Crippen molar-refractivity contribution in [1.29, 1.82) is 0 Å². The maximum atomic E-state index is 13.1. The second-order valence-corrected chi connectivity index (χ2v) is 3.79. The zero-order chi connectivity index (χ0) is 15.7. The molecule has 11 heteroatoms. The number of nitrogens with two attached hydrogens (primary N) is 1. The molecule has 0 saturated heterocycles. The number of rotatable bonds is 4. The van der Waals surface area contributed by atoms with Gasteiger partial charge in [0.15, 0.2) is 5.75 Å². The van der Waals surface area contributed by atoms with E-state index in [-0.39, 0.29) is 18.2 Å². The second kappa shape index (κ2) is 6.39. The Morgan fingerprint density at radius 3 is 2.19 bits per heavy atom. The molecule has 0 radical (unpaired) electrons. The average molecular weight is 337 g/mol. The predicted octanol–water partition coefficient (Wildman–Crippen LogP) is 3.22. The number of nitrogens with zero attached hydrogens (tertiary/aromatic N) is 1. The summed E-state index contributed by atoms with van der Waals surface area (Å²) in [6.45, 7) is 0. The molecule has 1 aromatic rings. The van der Waals surface area contributed by atoms with Crippen LogP contribution in [0.2, 0.25) is 0 Å². The molecule has 0 aliphatic heterocycles. The minimum atomic E-state index is -5.86. The number of hydrogen-bond donors (Lipinski definition) is 1. The van der Waals surface area contributed by atoms with Crippen LogP contribution in [0.25, 0.3) is 0 Å². The maximum Gasteiger partial charge on any atom is 0.455 e. The predicted molar refractivity (Wildman–Crippen MR) is 64.8 cm³/mol. The van der Waals surface area contributed by atoms with Gasteiger partial charge in [-0.1, -0.05) is 6.07 Å². The summed E-state index contributed by atoms with van der Waals surface area (Å²) in [5.41, 5.74) is 3.41. The van der Waals surface area contributed by atoms with E-state index in [9.17, 15) is 32.1 Å². The SMILES string of the molecule is COc1ccc([C@@H](N)C(F)(F)C(F)(F)F)cc1[N+](=O)[O-].Cl. The fourth-order valence-corrected chi connectivity index (χ4v) is 1.43. The maximum absolute atomic E-state index is 13.1. The van der Waals surface area contributed by atoms with Crippen molar-refractivity contribution in [1.82, 2.24) is 0 Å². The number of ether oxygens (including phenoxy) is 1. The Hall–Kier alpha value is -1.68. The molecule has 120 valence electrons. The van der Waals surface area contributed by atoms with Crippen molar-refractivity contribution in [3.05, 3.63) is 33.9 Å². The largest absolute Gasteiger partial charge is 0.490 e. The van der Waals surface area contributed by atoms with Crippen LogP contribution in [-0.4, -0.2) is 24.1 Å². The van der Waals surface area contributed by atoms with Crippen molar-refractivity contribution in [2.24, 2.45) is 5.73 Å². The highest BCUT2D eigenvalue weighted by Crippen LogP contribution is 2.44. The highest BCUT2D eigenvalue weighted by atomic mass is 35.5. The van der Waals surface area contributed by atoms with E-state index in [1.807, 2.05) is 0 Å². The first-order chi connectivity index (χ1) is 9.02. The van der Waals surface area contributed by atoms with E-state index in [4.69, 9.17) is 5.73 Å². The third-order valence-corrected chi connectivity index (χ3v) is 2.53. The molecule has 0 heterocycles. The fourth-order valence-electron chi connectivity index (χ4n) is 1.43. The molecule has 21 heavy (non-hydrogen) atoms. The second-order valence-electron chi connectivity index (χ2n) is 3.79. The van der Waals surface area contributed by atoms with Crippen molar-refractivity contribution in [3.8, 4) is 5.75 Å². The van der Waals surface area contributed by atoms with Crippen molar-refractivity contribution >= 4 is 18.1 Å². The number of nitro groups is 1. The number of nitro benzene ring substituents is 1. The average Bonchev–Trinajstić information content (AvgIpc) is 2.35. The van der Waals surface area contributed by atoms with Gasteiger partial charge in [0.1, 0.15) is 6.04 Å². The number of methoxy groups -OCH3 is 1. The van der Waals surface area contributed by atoms with Crippen molar-refractivity contribution in [2.75, 3.05) is 7.11 Å². The lowest BCUT2D eigenvalue weighted by atomic mass is 10.00. The van der Waals surface area contributed by atoms with Gasteiger partial charge in [0, 0.05) is 6.07 Å². The molecule has 0 saturated carbocycles. The first kappa shape index (κ1) is 19.3. The van der Waals surface area contributed by atoms with Gasteiger partial charge < -0.3 is 10.5 Å². The minimum absolute atomic E-state index is 0. The van der Waals surface area contributed by atoms with Gasteiger partial charge in [0.25, 0.3) is 0 Å². The van der Waals surface area contributed by atoms with E-state index in [1.54, 1.807) is 0 Å². The Bertz CT molecular complexity index is 524. The van der Waals surface area contributed by atoms with Crippen LogP contribution in [-0.2, 0) is 0 Å². The topological polar surface area (TPSA) is 78.4 Å². The first-order valence-corrected chi connectivity index (χ1v) is 5.04. The van der Waals surface area contributed by atoms with E-state index in [1.165, 1.54) is 0 Å². The third-order valence-electron chi connectivity index (χ3n) is 2.53. The lowest BCUT2D eigenvalue weighted by molar-refractivity contribution is -0.385. The van der Waals surface area contributed by atoms with Crippen LogP contribution in [0, 0.1) is 10.1 Å². The molecule has 1 rings (SSSR count). The van der Waals surface area contributed by atoms with Gasteiger partial charge in [0.05, 0.1) is 12.0 Å². The summed E-state index contributed by atoms with van der Waals surface area (Å²) in [7, 11) is 1.09. The monoisotopic (exact) mass is 336 g/mol. The molecule has 5 nitrogen and oxygen atoms in total. The van der Waals surface area contributed by atoms with E-state index in [2.05, 4.69) is 4.74 Å². The van der Waals surface area contributed by atoms with Crippen LogP contribution in [0.1, 0.15) is 11.6 Å². The molecule has 0 fully saturated rings. The van der Waals surface area contributed by atoms with E-state index >= 15 is 0 Å². The van der Waals surface area contributed by atoms with Gasteiger partial charge in [-0.05, 0) is 11.6 Å².